The number of nitrogens with one attached hydrogen (secondary N) is 3. The molecule has 0 unspecified atom stereocenters. The second kappa shape index (κ2) is 8.67. The molecule has 0 aromatic carbocycles. The van der Waals surface area contributed by atoms with E-state index in [2.05, 4.69) is 55.8 Å². The highest BCUT2D eigenvalue weighted by atomic mass is 16.3. The Bertz CT molecular complexity index is 426. The van der Waals surface area contributed by atoms with Crippen molar-refractivity contribution < 1.29 is 4.42 Å². The Morgan fingerprint density at radius 3 is 2.32 bits per heavy atom. The minimum Gasteiger partial charge on any atom is -0.465 e. The molecule has 1 aromatic heterocycles. The molecule has 0 bridgehead atoms. The SMILES string of the molecule is CNCCC(C)(C)NCc1ccc(CC(C)(C)NCCN)o1. The van der Waals surface area contributed by atoms with Gasteiger partial charge in [0, 0.05) is 30.6 Å². The van der Waals surface area contributed by atoms with Crippen LogP contribution >= 0.6 is 0 Å². The van der Waals surface area contributed by atoms with Gasteiger partial charge < -0.3 is 26.1 Å². The predicted molar refractivity (Wildman–Crippen MR) is 93.0 cm³/mol. The summed E-state index contributed by atoms with van der Waals surface area (Å²) in [6, 6.07) is 4.14. The van der Waals surface area contributed by atoms with E-state index < -0.39 is 0 Å². The van der Waals surface area contributed by atoms with E-state index in [1.165, 1.54) is 0 Å². The van der Waals surface area contributed by atoms with E-state index in [1.54, 1.807) is 0 Å². The lowest BCUT2D eigenvalue weighted by Gasteiger charge is -2.26. The van der Waals surface area contributed by atoms with Crippen LogP contribution in [0.25, 0.3) is 0 Å². The minimum absolute atomic E-state index is 0.00596. The first kappa shape index (κ1) is 19.2. The first-order valence-electron chi connectivity index (χ1n) is 8.20. The van der Waals surface area contributed by atoms with Crippen molar-refractivity contribution in [2.75, 3.05) is 26.7 Å². The Labute approximate surface area is 135 Å². The maximum atomic E-state index is 5.95. The molecule has 1 heterocycles. The third-order valence-corrected chi connectivity index (χ3v) is 3.82. The van der Waals surface area contributed by atoms with Crippen LogP contribution in [0.1, 0.15) is 45.6 Å². The summed E-state index contributed by atoms with van der Waals surface area (Å²) in [5.74, 6) is 2.00. The molecule has 0 aliphatic carbocycles. The maximum Gasteiger partial charge on any atom is 0.117 e. The van der Waals surface area contributed by atoms with Gasteiger partial charge in [-0.05, 0) is 59.8 Å². The van der Waals surface area contributed by atoms with Crippen LogP contribution in [0.15, 0.2) is 16.5 Å². The van der Waals surface area contributed by atoms with E-state index in [0.717, 1.165) is 44.0 Å². The summed E-state index contributed by atoms with van der Waals surface area (Å²) in [6.45, 7) is 12.0. The van der Waals surface area contributed by atoms with Crippen LogP contribution in [0.5, 0.6) is 0 Å². The molecule has 0 amide bonds. The van der Waals surface area contributed by atoms with E-state index in [1.807, 2.05) is 7.05 Å². The van der Waals surface area contributed by atoms with Crippen molar-refractivity contribution in [2.45, 2.75) is 58.2 Å². The highest BCUT2D eigenvalue weighted by molar-refractivity contribution is 5.10. The summed E-state index contributed by atoms with van der Waals surface area (Å²) in [6.07, 6.45) is 1.93. The highest BCUT2D eigenvalue weighted by Crippen LogP contribution is 2.17. The summed E-state index contributed by atoms with van der Waals surface area (Å²) in [5.41, 5.74) is 5.64. The van der Waals surface area contributed by atoms with Crippen LogP contribution in [0, 0.1) is 0 Å². The van der Waals surface area contributed by atoms with Gasteiger partial charge >= 0.3 is 0 Å². The topological polar surface area (TPSA) is 75.2 Å². The van der Waals surface area contributed by atoms with E-state index in [-0.39, 0.29) is 11.1 Å². The van der Waals surface area contributed by atoms with Crippen LogP contribution in [0.2, 0.25) is 0 Å². The Hall–Kier alpha value is -0.880. The quantitative estimate of drug-likeness (QED) is 0.500. The van der Waals surface area contributed by atoms with Gasteiger partial charge in [0.05, 0.1) is 6.54 Å². The molecule has 0 aliphatic rings. The summed E-state index contributed by atoms with van der Waals surface area (Å²) in [5, 5.41) is 10.2. The van der Waals surface area contributed by atoms with Gasteiger partial charge in [0.2, 0.25) is 0 Å². The highest BCUT2D eigenvalue weighted by Gasteiger charge is 2.20. The van der Waals surface area contributed by atoms with Crippen molar-refractivity contribution in [3.8, 4) is 0 Å². The zero-order chi connectivity index (χ0) is 16.6. The summed E-state index contributed by atoms with van der Waals surface area (Å²) in [7, 11) is 1.98. The van der Waals surface area contributed by atoms with Crippen LogP contribution < -0.4 is 21.7 Å². The van der Waals surface area contributed by atoms with Crippen LogP contribution in [-0.4, -0.2) is 37.8 Å². The summed E-state index contributed by atoms with van der Waals surface area (Å²) >= 11 is 0. The molecule has 5 N–H and O–H groups in total. The third-order valence-electron chi connectivity index (χ3n) is 3.82. The van der Waals surface area contributed by atoms with E-state index in [4.69, 9.17) is 10.2 Å². The molecule has 0 aliphatic heterocycles. The first-order chi connectivity index (χ1) is 10.3. The Balaban J connectivity index is 2.47. The number of hydrogen-bond donors (Lipinski definition) is 4. The van der Waals surface area contributed by atoms with Gasteiger partial charge in [-0.25, -0.2) is 0 Å². The monoisotopic (exact) mass is 310 g/mol. The van der Waals surface area contributed by atoms with Crippen LogP contribution in [0.3, 0.4) is 0 Å². The van der Waals surface area contributed by atoms with Crippen molar-refractivity contribution in [1.82, 2.24) is 16.0 Å². The number of nitrogens with two attached hydrogens (primary N) is 1. The van der Waals surface area contributed by atoms with Crippen molar-refractivity contribution in [3.05, 3.63) is 23.7 Å². The first-order valence-corrected chi connectivity index (χ1v) is 8.20. The second-order valence-electron chi connectivity index (χ2n) is 7.24. The molecule has 1 aromatic rings. The third kappa shape index (κ3) is 7.40. The molecule has 128 valence electrons. The van der Waals surface area contributed by atoms with E-state index in [9.17, 15) is 0 Å². The molecule has 0 radical (unpaired) electrons. The van der Waals surface area contributed by atoms with Crippen molar-refractivity contribution >= 4 is 0 Å². The minimum atomic E-state index is -0.00596. The largest absolute Gasteiger partial charge is 0.465 e. The lowest BCUT2D eigenvalue weighted by Crippen LogP contribution is -2.43. The van der Waals surface area contributed by atoms with E-state index >= 15 is 0 Å². The lowest BCUT2D eigenvalue weighted by atomic mass is 9.99. The molecular formula is C17H34N4O. The smallest absolute Gasteiger partial charge is 0.117 e. The van der Waals surface area contributed by atoms with Crippen LogP contribution in [0.4, 0.5) is 0 Å². The van der Waals surface area contributed by atoms with Crippen molar-refractivity contribution in [2.24, 2.45) is 5.73 Å². The van der Waals surface area contributed by atoms with E-state index in [0.29, 0.717) is 6.54 Å². The number of rotatable bonds is 11. The normalized spacial score (nSPS) is 12.8. The fraction of sp³-hybridized carbons (Fsp3) is 0.765. The zero-order valence-corrected chi connectivity index (χ0v) is 14.9. The molecule has 22 heavy (non-hydrogen) atoms. The molecule has 5 heteroatoms. The molecular weight excluding hydrogens is 276 g/mol. The molecule has 1 rings (SSSR count). The lowest BCUT2D eigenvalue weighted by molar-refractivity contribution is 0.320. The van der Waals surface area contributed by atoms with Gasteiger partial charge in [-0.2, -0.15) is 0 Å². The summed E-state index contributed by atoms with van der Waals surface area (Å²) in [4.78, 5) is 0. The van der Waals surface area contributed by atoms with Gasteiger partial charge in [0.1, 0.15) is 11.5 Å². The average molecular weight is 310 g/mol. The number of furan rings is 1. The fourth-order valence-corrected chi connectivity index (χ4v) is 2.37. The van der Waals surface area contributed by atoms with Crippen molar-refractivity contribution in [1.29, 1.82) is 0 Å². The molecule has 0 saturated heterocycles. The van der Waals surface area contributed by atoms with Gasteiger partial charge in [-0.3, -0.25) is 0 Å². The molecule has 0 spiro atoms. The van der Waals surface area contributed by atoms with Crippen molar-refractivity contribution in [3.63, 3.8) is 0 Å². The maximum absolute atomic E-state index is 5.95. The fourth-order valence-electron chi connectivity index (χ4n) is 2.37. The average Bonchev–Trinajstić information content (AvgIpc) is 2.88. The summed E-state index contributed by atoms with van der Waals surface area (Å²) < 4.78 is 5.95. The Morgan fingerprint density at radius 2 is 1.68 bits per heavy atom. The molecule has 0 atom stereocenters. The molecule has 0 saturated carbocycles. The zero-order valence-electron chi connectivity index (χ0n) is 14.9. The van der Waals surface area contributed by atoms with Gasteiger partial charge in [-0.15, -0.1) is 0 Å². The van der Waals surface area contributed by atoms with Gasteiger partial charge in [0.25, 0.3) is 0 Å². The predicted octanol–water partition coefficient (Wildman–Crippen LogP) is 1.63. The van der Waals surface area contributed by atoms with Gasteiger partial charge in [0.15, 0.2) is 0 Å². The second-order valence-corrected chi connectivity index (χ2v) is 7.24. The Morgan fingerprint density at radius 1 is 1.00 bits per heavy atom. The standard InChI is InChI=1S/C17H34N4O/c1-16(2,8-10-19-5)21-13-15-7-6-14(22-15)12-17(3,4)20-11-9-18/h6-7,19-21H,8-13,18H2,1-5H3. The molecule has 0 fully saturated rings. The van der Waals surface area contributed by atoms with Gasteiger partial charge in [-0.1, -0.05) is 0 Å². The molecule has 5 nitrogen and oxygen atoms in total. The van der Waals surface area contributed by atoms with Crippen LogP contribution in [-0.2, 0) is 13.0 Å². The number of hydrogen-bond acceptors (Lipinski definition) is 5. The Kier molecular flexibility index (Phi) is 7.56.